The maximum absolute atomic E-state index is 12.3. The van der Waals surface area contributed by atoms with Crippen molar-refractivity contribution in [2.75, 3.05) is 13.6 Å². The van der Waals surface area contributed by atoms with Crippen molar-refractivity contribution < 1.29 is 9.59 Å². The first-order chi connectivity index (χ1) is 9.90. The summed E-state index contributed by atoms with van der Waals surface area (Å²) in [6.45, 7) is 3.70. The van der Waals surface area contributed by atoms with Crippen molar-refractivity contribution in [1.29, 1.82) is 0 Å². The van der Waals surface area contributed by atoms with E-state index in [-0.39, 0.29) is 12.5 Å². The Kier molecular flexibility index (Phi) is 4.07. The number of nitrogens with two attached hydrogens (primary N) is 1. The van der Waals surface area contributed by atoms with Crippen LogP contribution in [-0.4, -0.2) is 40.1 Å². The molecule has 0 aliphatic rings. The Morgan fingerprint density at radius 1 is 1.33 bits per heavy atom. The first-order valence-electron chi connectivity index (χ1n) is 6.55. The smallest absolute Gasteiger partial charge is 0.257 e. The molecule has 0 spiro atoms. The van der Waals surface area contributed by atoms with Crippen molar-refractivity contribution in [3.05, 3.63) is 47.3 Å². The van der Waals surface area contributed by atoms with Crippen molar-refractivity contribution in [3.8, 4) is 5.69 Å². The molecule has 1 heterocycles. The SMILES string of the molecule is Cc1cccc(-n2ncc(C(=O)N(C)CC(N)=O)c2C)c1. The third-order valence-corrected chi connectivity index (χ3v) is 3.23. The zero-order chi connectivity index (χ0) is 15.6. The summed E-state index contributed by atoms with van der Waals surface area (Å²) in [6, 6.07) is 7.84. The van der Waals surface area contributed by atoms with E-state index in [0.29, 0.717) is 5.56 Å². The quantitative estimate of drug-likeness (QED) is 0.912. The minimum Gasteiger partial charge on any atom is -0.368 e. The molecule has 110 valence electrons. The van der Waals surface area contributed by atoms with Crippen molar-refractivity contribution in [2.45, 2.75) is 13.8 Å². The van der Waals surface area contributed by atoms with Crippen molar-refractivity contribution >= 4 is 11.8 Å². The number of nitrogens with zero attached hydrogens (tertiary/aromatic N) is 3. The molecule has 0 aliphatic heterocycles. The van der Waals surface area contributed by atoms with Gasteiger partial charge in [0.05, 0.1) is 29.7 Å². The lowest BCUT2D eigenvalue weighted by molar-refractivity contribution is -0.118. The Morgan fingerprint density at radius 3 is 2.67 bits per heavy atom. The minimum absolute atomic E-state index is 0.117. The van der Waals surface area contributed by atoms with Gasteiger partial charge in [-0.25, -0.2) is 4.68 Å². The molecule has 0 saturated heterocycles. The zero-order valence-corrected chi connectivity index (χ0v) is 12.3. The highest BCUT2D eigenvalue weighted by Crippen LogP contribution is 2.16. The summed E-state index contributed by atoms with van der Waals surface area (Å²) >= 11 is 0. The molecule has 0 aliphatic carbocycles. The molecule has 1 aromatic carbocycles. The molecule has 21 heavy (non-hydrogen) atoms. The van der Waals surface area contributed by atoms with Crippen LogP contribution in [0.2, 0.25) is 0 Å². The number of aromatic nitrogens is 2. The topological polar surface area (TPSA) is 81.2 Å². The van der Waals surface area contributed by atoms with Crippen LogP contribution >= 0.6 is 0 Å². The van der Waals surface area contributed by atoms with Gasteiger partial charge >= 0.3 is 0 Å². The number of amides is 2. The third-order valence-electron chi connectivity index (χ3n) is 3.23. The van der Waals surface area contributed by atoms with Crippen LogP contribution < -0.4 is 5.73 Å². The third kappa shape index (κ3) is 3.10. The maximum atomic E-state index is 12.3. The molecule has 0 bridgehead atoms. The molecule has 0 atom stereocenters. The highest BCUT2D eigenvalue weighted by Gasteiger charge is 2.19. The van der Waals surface area contributed by atoms with E-state index in [1.54, 1.807) is 4.68 Å². The summed E-state index contributed by atoms with van der Waals surface area (Å²) < 4.78 is 1.71. The van der Waals surface area contributed by atoms with Gasteiger partial charge in [-0.2, -0.15) is 5.10 Å². The van der Waals surface area contributed by atoms with E-state index >= 15 is 0 Å². The van der Waals surface area contributed by atoms with E-state index in [9.17, 15) is 9.59 Å². The van der Waals surface area contributed by atoms with Gasteiger partial charge in [0, 0.05) is 7.05 Å². The number of likely N-dealkylation sites (N-methyl/N-ethyl adjacent to an activating group) is 1. The average Bonchev–Trinajstić information content (AvgIpc) is 2.79. The lowest BCUT2D eigenvalue weighted by atomic mass is 10.2. The molecule has 2 N–H and O–H groups in total. The number of primary amides is 1. The van der Waals surface area contributed by atoms with Crippen LogP contribution in [0, 0.1) is 13.8 Å². The van der Waals surface area contributed by atoms with Crippen LogP contribution in [0.4, 0.5) is 0 Å². The second-order valence-electron chi connectivity index (χ2n) is 5.02. The first kappa shape index (κ1) is 14.8. The Labute approximate surface area is 123 Å². The molecule has 2 rings (SSSR count). The second kappa shape index (κ2) is 5.78. The van der Waals surface area contributed by atoms with E-state index < -0.39 is 5.91 Å². The van der Waals surface area contributed by atoms with Gasteiger partial charge < -0.3 is 10.6 Å². The van der Waals surface area contributed by atoms with Crippen LogP contribution in [0.25, 0.3) is 5.69 Å². The van der Waals surface area contributed by atoms with Crippen molar-refractivity contribution in [3.63, 3.8) is 0 Å². The minimum atomic E-state index is -0.547. The maximum Gasteiger partial charge on any atom is 0.257 e. The molecule has 2 aromatic rings. The molecule has 2 amide bonds. The van der Waals surface area contributed by atoms with Gasteiger partial charge in [0.2, 0.25) is 5.91 Å². The van der Waals surface area contributed by atoms with E-state index in [0.717, 1.165) is 16.9 Å². The predicted molar refractivity (Wildman–Crippen MR) is 79.2 cm³/mol. The van der Waals surface area contributed by atoms with Crippen LogP contribution in [0.15, 0.2) is 30.5 Å². The van der Waals surface area contributed by atoms with Gasteiger partial charge in [0.1, 0.15) is 0 Å². The van der Waals surface area contributed by atoms with Crippen LogP contribution in [-0.2, 0) is 4.79 Å². The highest BCUT2D eigenvalue weighted by atomic mass is 16.2. The number of hydrogen-bond acceptors (Lipinski definition) is 3. The van der Waals surface area contributed by atoms with Gasteiger partial charge in [0.25, 0.3) is 5.91 Å². The summed E-state index contributed by atoms with van der Waals surface area (Å²) in [5.41, 5.74) is 8.29. The zero-order valence-electron chi connectivity index (χ0n) is 12.3. The first-order valence-corrected chi connectivity index (χ1v) is 6.55. The van der Waals surface area contributed by atoms with Crippen LogP contribution in [0.3, 0.4) is 0 Å². The summed E-state index contributed by atoms with van der Waals surface area (Å²) in [4.78, 5) is 24.5. The summed E-state index contributed by atoms with van der Waals surface area (Å²) in [5, 5.41) is 4.26. The van der Waals surface area contributed by atoms with Crippen molar-refractivity contribution in [2.24, 2.45) is 5.73 Å². The Bertz CT molecular complexity index is 691. The Morgan fingerprint density at radius 2 is 2.05 bits per heavy atom. The number of hydrogen-bond donors (Lipinski definition) is 1. The molecule has 6 nitrogen and oxygen atoms in total. The van der Waals surface area contributed by atoms with Crippen LogP contribution in [0.5, 0.6) is 0 Å². The number of aryl methyl sites for hydroxylation is 1. The average molecular weight is 286 g/mol. The summed E-state index contributed by atoms with van der Waals surface area (Å²) in [5.74, 6) is -0.820. The Balaban J connectivity index is 2.33. The molecule has 6 heteroatoms. The number of carbonyl (C=O) groups excluding carboxylic acids is 2. The molecule has 0 unspecified atom stereocenters. The molecule has 1 aromatic heterocycles. The van der Waals surface area contributed by atoms with Crippen molar-refractivity contribution in [1.82, 2.24) is 14.7 Å². The van der Waals surface area contributed by atoms with Gasteiger partial charge in [-0.15, -0.1) is 0 Å². The summed E-state index contributed by atoms with van der Waals surface area (Å²) in [7, 11) is 1.54. The lowest BCUT2D eigenvalue weighted by Gasteiger charge is -2.14. The van der Waals surface area contributed by atoms with E-state index in [4.69, 9.17) is 5.73 Å². The van der Waals surface area contributed by atoms with Gasteiger partial charge in [-0.3, -0.25) is 9.59 Å². The van der Waals surface area contributed by atoms with Crippen LogP contribution in [0.1, 0.15) is 21.6 Å². The molecule has 0 saturated carbocycles. The van der Waals surface area contributed by atoms with Gasteiger partial charge in [-0.1, -0.05) is 12.1 Å². The molecule has 0 fully saturated rings. The fourth-order valence-electron chi connectivity index (χ4n) is 2.15. The summed E-state index contributed by atoms with van der Waals surface area (Å²) in [6.07, 6.45) is 1.51. The van der Waals surface area contributed by atoms with Gasteiger partial charge in [0.15, 0.2) is 0 Å². The fraction of sp³-hybridized carbons (Fsp3) is 0.267. The monoisotopic (exact) mass is 286 g/mol. The molecular weight excluding hydrogens is 268 g/mol. The van der Waals surface area contributed by atoms with E-state index in [1.807, 2.05) is 38.1 Å². The predicted octanol–water partition coefficient (Wildman–Crippen LogP) is 1.05. The number of benzene rings is 1. The molecule has 0 radical (unpaired) electrons. The van der Waals surface area contributed by atoms with Gasteiger partial charge in [-0.05, 0) is 31.5 Å². The fourth-order valence-corrected chi connectivity index (χ4v) is 2.15. The standard InChI is InChI=1S/C15H18N4O2/c1-10-5-4-6-12(7-10)19-11(2)13(8-17-19)15(21)18(3)9-14(16)20/h4-8H,9H2,1-3H3,(H2,16,20). The second-order valence-corrected chi connectivity index (χ2v) is 5.02. The van der Waals surface area contributed by atoms with E-state index in [2.05, 4.69) is 5.10 Å². The lowest BCUT2D eigenvalue weighted by Crippen LogP contribution is -2.35. The molecular formula is C15H18N4O2. The van der Waals surface area contributed by atoms with E-state index in [1.165, 1.54) is 18.1 Å². The highest BCUT2D eigenvalue weighted by molar-refractivity contribution is 5.97. The largest absolute Gasteiger partial charge is 0.368 e. The number of rotatable bonds is 4. The Hall–Kier alpha value is -2.63. The normalized spacial score (nSPS) is 10.4. The number of carbonyl (C=O) groups is 2.